The van der Waals surface area contributed by atoms with Crippen LogP contribution in [0.2, 0.25) is 0 Å². The molecule has 0 saturated carbocycles. The number of benzene rings is 2. The first-order chi connectivity index (χ1) is 10.6. The Morgan fingerprint density at radius 3 is 2.45 bits per heavy atom. The van der Waals surface area contributed by atoms with Crippen LogP contribution in [-0.2, 0) is 4.79 Å². The minimum Gasteiger partial charge on any atom is -0.365 e. The molecule has 1 atom stereocenters. The van der Waals surface area contributed by atoms with Crippen LogP contribution >= 0.6 is 11.8 Å². The number of carbonyl (C=O) groups is 2. The van der Waals surface area contributed by atoms with Crippen molar-refractivity contribution in [2.75, 3.05) is 10.2 Å². The highest BCUT2D eigenvalue weighted by molar-refractivity contribution is 8.16. The van der Waals surface area contributed by atoms with E-state index in [1.807, 2.05) is 50.2 Å². The molecule has 0 aromatic heterocycles. The molecule has 1 aliphatic heterocycles. The quantitative estimate of drug-likeness (QED) is 0.932. The molecule has 1 unspecified atom stereocenters. The predicted molar refractivity (Wildman–Crippen MR) is 90.2 cm³/mol. The Bertz CT molecular complexity index is 731. The summed E-state index contributed by atoms with van der Waals surface area (Å²) in [4.78, 5) is 25.9. The van der Waals surface area contributed by atoms with Crippen molar-refractivity contribution in [3.05, 3.63) is 59.7 Å². The molecule has 1 saturated heterocycles. The SMILES string of the molecule is Cc1ccc(NC2SC(=O)N(c3ccccc3)C2=O)c(C)c1. The van der Waals surface area contributed by atoms with Crippen LogP contribution in [-0.4, -0.2) is 16.5 Å². The molecule has 0 spiro atoms. The Kier molecular flexibility index (Phi) is 3.90. The van der Waals surface area contributed by atoms with Crippen molar-refractivity contribution in [3.8, 4) is 0 Å². The summed E-state index contributed by atoms with van der Waals surface area (Å²) in [5, 5.41) is 2.33. The Balaban J connectivity index is 1.82. The van der Waals surface area contributed by atoms with E-state index in [1.54, 1.807) is 12.1 Å². The molecule has 22 heavy (non-hydrogen) atoms. The maximum absolute atomic E-state index is 12.5. The summed E-state index contributed by atoms with van der Waals surface area (Å²) >= 11 is 1.01. The molecule has 0 radical (unpaired) electrons. The topological polar surface area (TPSA) is 49.4 Å². The van der Waals surface area contributed by atoms with Gasteiger partial charge in [-0.3, -0.25) is 9.59 Å². The smallest absolute Gasteiger partial charge is 0.295 e. The number of para-hydroxylation sites is 1. The van der Waals surface area contributed by atoms with Gasteiger partial charge >= 0.3 is 0 Å². The maximum atomic E-state index is 12.5. The molecule has 1 heterocycles. The summed E-state index contributed by atoms with van der Waals surface area (Å²) in [6.45, 7) is 4.00. The first-order valence-electron chi connectivity index (χ1n) is 6.99. The number of nitrogens with one attached hydrogen (secondary N) is 1. The second-order valence-electron chi connectivity index (χ2n) is 5.24. The van der Waals surface area contributed by atoms with Gasteiger partial charge in [0.15, 0.2) is 5.37 Å². The van der Waals surface area contributed by atoms with Crippen molar-refractivity contribution in [3.63, 3.8) is 0 Å². The van der Waals surface area contributed by atoms with Crippen molar-refractivity contribution >= 4 is 34.3 Å². The fourth-order valence-corrected chi connectivity index (χ4v) is 3.32. The molecule has 112 valence electrons. The predicted octanol–water partition coefficient (Wildman–Crippen LogP) is 3.94. The number of anilines is 2. The monoisotopic (exact) mass is 312 g/mol. The van der Waals surface area contributed by atoms with Gasteiger partial charge in [0.05, 0.1) is 5.69 Å². The maximum Gasteiger partial charge on any atom is 0.295 e. The van der Waals surface area contributed by atoms with Crippen LogP contribution in [0, 0.1) is 13.8 Å². The summed E-state index contributed by atoms with van der Waals surface area (Å²) in [5.41, 5.74) is 3.70. The van der Waals surface area contributed by atoms with Crippen LogP contribution in [0.15, 0.2) is 48.5 Å². The highest BCUT2D eigenvalue weighted by atomic mass is 32.2. The highest BCUT2D eigenvalue weighted by Gasteiger charge is 2.40. The molecular weight excluding hydrogens is 296 g/mol. The molecule has 1 aliphatic rings. The molecule has 1 fully saturated rings. The van der Waals surface area contributed by atoms with Gasteiger partial charge in [-0.15, -0.1) is 0 Å². The third kappa shape index (κ3) is 2.72. The number of amides is 2. The van der Waals surface area contributed by atoms with Gasteiger partial charge in [-0.1, -0.05) is 35.9 Å². The average molecular weight is 312 g/mol. The summed E-state index contributed by atoms with van der Waals surface area (Å²) in [6.07, 6.45) is 0. The van der Waals surface area contributed by atoms with Crippen molar-refractivity contribution in [1.82, 2.24) is 0 Å². The normalized spacial score (nSPS) is 17.9. The van der Waals surface area contributed by atoms with Crippen molar-refractivity contribution in [1.29, 1.82) is 0 Å². The van der Waals surface area contributed by atoms with E-state index >= 15 is 0 Å². The Labute approximate surface area is 133 Å². The van der Waals surface area contributed by atoms with Crippen molar-refractivity contribution < 1.29 is 9.59 Å². The third-order valence-corrected chi connectivity index (χ3v) is 4.47. The van der Waals surface area contributed by atoms with Crippen LogP contribution in [0.4, 0.5) is 16.2 Å². The van der Waals surface area contributed by atoms with E-state index in [-0.39, 0.29) is 11.1 Å². The number of carbonyl (C=O) groups excluding carboxylic acids is 2. The van der Waals surface area contributed by atoms with Crippen LogP contribution in [0.5, 0.6) is 0 Å². The van der Waals surface area contributed by atoms with Crippen molar-refractivity contribution in [2.45, 2.75) is 19.2 Å². The Morgan fingerprint density at radius 1 is 1.05 bits per heavy atom. The van der Waals surface area contributed by atoms with Gasteiger partial charge in [0, 0.05) is 5.69 Å². The largest absolute Gasteiger partial charge is 0.365 e. The fraction of sp³-hybridized carbons (Fsp3) is 0.176. The Hall–Kier alpha value is -2.27. The third-order valence-electron chi connectivity index (χ3n) is 3.53. The molecule has 3 rings (SSSR count). The highest BCUT2D eigenvalue weighted by Crippen LogP contribution is 2.32. The van der Waals surface area contributed by atoms with Crippen LogP contribution in [0.1, 0.15) is 11.1 Å². The zero-order valence-corrected chi connectivity index (χ0v) is 13.2. The fourth-order valence-electron chi connectivity index (χ4n) is 2.43. The number of nitrogens with zero attached hydrogens (tertiary/aromatic N) is 1. The summed E-state index contributed by atoms with van der Waals surface area (Å²) in [6, 6.07) is 15.0. The molecule has 2 aromatic carbocycles. The van der Waals surface area contributed by atoms with E-state index in [4.69, 9.17) is 0 Å². The van der Waals surface area contributed by atoms with Crippen molar-refractivity contribution in [2.24, 2.45) is 0 Å². The van der Waals surface area contributed by atoms with E-state index in [1.165, 1.54) is 4.90 Å². The van der Waals surface area contributed by atoms with Crippen LogP contribution in [0.25, 0.3) is 0 Å². The van der Waals surface area contributed by atoms with E-state index in [2.05, 4.69) is 5.32 Å². The zero-order chi connectivity index (χ0) is 15.7. The summed E-state index contributed by atoms with van der Waals surface area (Å²) < 4.78 is 0. The number of aryl methyl sites for hydroxylation is 2. The number of thioether (sulfide) groups is 1. The standard InChI is InChI=1S/C17H16N2O2S/c1-11-8-9-14(12(2)10-11)18-15-16(20)19(17(21)22-15)13-6-4-3-5-7-13/h3-10,15,18H,1-2H3. The second-order valence-corrected chi connectivity index (χ2v) is 6.29. The molecule has 0 bridgehead atoms. The number of rotatable bonds is 3. The molecule has 0 aliphatic carbocycles. The van der Waals surface area contributed by atoms with Crippen LogP contribution < -0.4 is 10.2 Å². The van der Waals surface area contributed by atoms with Gasteiger partial charge in [0.25, 0.3) is 11.1 Å². The Morgan fingerprint density at radius 2 is 1.77 bits per heavy atom. The van der Waals surface area contributed by atoms with Gasteiger partial charge in [0.2, 0.25) is 0 Å². The van der Waals surface area contributed by atoms with Gasteiger partial charge in [-0.2, -0.15) is 0 Å². The number of hydrogen-bond donors (Lipinski definition) is 1. The lowest BCUT2D eigenvalue weighted by Crippen LogP contribution is -2.34. The van der Waals surface area contributed by atoms with Gasteiger partial charge in [-0.25, -0.2) is 4.90 Å². The molecule has 2 amide bonds. The lowest BCUT2D eigenvalue weighted by atomic mass is 10.1. The van der Waals surface area contributed by atoms with E-state index in [9.17, 15) is 9.59 Å². The van der Waals surface area contributed by atoms with Crippen LogP contribution in [0.3, 0.4) is 0 Å². The summed E-state index contributed by atoms with van der Waals surface area (Å²) in [5.74, 6) is -0.235. The second kappa shape index (κ2) is 5.85. The van der Waals surface area contributed by atoms with E-state index in [0.29, 0.717) is 5.69 Å². The molecule has 4 nitrogen and oxygen atoms in total. The van der Waals surface area contributed by atoms with E-state index < -0.39 is 5.37 Å². The number of imide groups is 1. The lowest BCUT2D eigenvalue weighted by Gasteiger charge is -2.16. The minimum atomic E-state index is -0.589. The average Bonchev–Trinajstić information content (AvgIpc) is 2.77. The minimum absolute atomic E-state index is 0.235. The van der Waals surface area contributed by atoms with Gasteiger partial charge in [0.1, 0.15) is 0 Å². The number of hydrogen-bond acceptors (Lipinski definition) is 4. The molecular formula is C17H16N2O2S. The first-order valence-corrected chi connectivity index (χ1v) is 7.87. The van der Waals surface area contributed by atoms with E-state index in [0.717, 1.165) is 28.6 Å². The summed E-state index contributed by atoms with van der Waals surface area (Å²) in [7, 11) is 0. The molecule has 5 heteroatoms. The molecule has 1 N–H and O–H groups in total. The van der Waals surface area contributed by atoms with Gasteiger partial charge in [-0.05, 0) is 49.4 Å². The molecule has 2 aromatic rings. The van der Waals surface area contributed by atoms with Gasteiger partial charge < -0.3 is 5.32 Å². The lowest BCUT2D eigenvalue weighted by molar-refractivity contribution is -0.116. The zero-order valence-electron chi connectivity index (χ0n) is 12.4. The first kappa shape index (κ1) is 14.7.